The predicted octanol–water partition coefficient (Wildman–Crippen LogP) is 1.20. The maximum absolute atomic E-state index is 11.7. The third-order valence-electron chi connectivity index (χ3n) is 1.62. The Bertz CT molecular complexity index is 377. The first-order valence-electron chi connectivity index (χ1n) is 4.19. The third-order valence-corrected chi connectivity index (χ3v) is 2.05. The highest BCUT2D eigenvalue weighted by atomic mass is 79.9. The van der Waals surface area contributed by atoms with Crippen molar-refractivity contribution in [2.75, 3.05) is 21.0 Å². The molecule has 0 spiro atoms. The summed E-state index contributed by atoms with van der Waals surface area (Å²) in [6.07, 6.45) is 1.63. The van der Waals surface area contributed by atoms with Gasteiger partial charge in [-0.25, -0.2) is 0 Å². The molecular formula is C9H12BrNO4. The zero-order valence-electron chi connectivity index (χ0n) is 8.53. The lowest BCUT2D eigenvalue weighted by atomic mass is 10.4. The van der Waals surface area contributed by atoms with Crippen molar-refractivity contribution in [1.29, 1.82) is 0 Å². The van der Waals surface area contributed by atoms with Gasteiger partial charge in [0, 0.05) is 31.0 Å². The summed E-state index contributed by atoms with van der Waals surface area (Å²) in [5.41, 5.74) is -0.253. The van der Waals surface area contributed by atoms with Crippen LogP contribution in [0.3, 0.4) is 0 Å². The van der Waals surface area contributed by atoms with Gasteiger partial charge >= 0.3 is 0 Å². The molecule has 0 saturated carbocycles. The van der Waals surface area contributed by atoms with Crippen molar-refractivity contribution in [2.24, 2.45) is 0 Å². The van der Waals surface area contributed by atoms with Gasteiger partial charge in [0.2, 0.25) is 0 Å². The molecular weight excluding hydrogens is 266 g/mol. The lowest BCUT2D eigenvalue weighted by molar-refractivity contribution is 0.0485. The van der Waals surface area contributed by atoms with Crippen LogP contribution in [0.1, 0.15) is 0 Å². The van der Waals surface area contributed by atoms with Crippen LogP contribution in [0, 0.1) is 0 Å². The van der Waals surface area contributed by atoms with Crippen LogP contribution in [0.4, 0.5) is 0 Å². The van der Waals surface area contributed by atoms with Crippen molar-refractivity contribution in [3.8, 4) is 5.75 Å². The molecule has 1 aromatic heterocycles. The van der Waals surface area contributed by atoms with Gasteiger partial charge in [0.05, 0.1) is 0 Å². The topological polar surface area (TPSA) is 49.7 Å². The molecule has 0 aliphatic heterocycles. The number of nitrogens with zero attached hydrogens (tertiary/aromatic N) is 1. The number of pyridine rings is 1. The Morgan fingerprint density at radius 3 is 2.73 bits per heavy atom. The highest BCUT2D eigenvalue weighted by Crippen LogP contribution is 2.13. The first kappa shape index (κ1) is 12.2. The zero-order valence-corrected chi connectivity index (χ0v) is 10.1. The minimum absolute atomic E-state index is 0.0404. The molecule has 6 heteroatoms. The number of halogens is 1. The van der Waals surface area contributed by atoms with Crippen molar-refractivity contribution >= 4 is 15.9 Å². The molecule has 0 fully saturated rings. The summed E-state index contributed by atoms with van der Waals surface area (Å²) in [5, 5.41) is 0. The smallest absolute Gasteiger partial charge is 0.294 e. The van der Waals surface area contributed by atoms with Crippen molar-refractivity contribution in [3.63, 3.8) is 0 Å². The van der Waals surface area contributed by atoms with Crippen molar-refractivity contribution in [3.05, 3.63) is 27.1 Å². The van der Waals surface area contributed by atoms with E-state index in [1.807, 2.05) is 0 Å². The number of ether oxygens (including phenoxy) is 3. The molecule has 0 radical (unpaired) electrons. The Kier molecular flexibility index (Phi) is 4.80. The van der Waals surface area contributed by atoms with Crippen molar-refractivity contribution in [1.82, 2.24) is 4.57 Å². The molecule has 0 unspecified atom stereocenters. The highest BCUT2D eigenvalue weighted by Gasteiger charge is 2.06. The van der Waals surface area contributed by atoms with Crippen LogP contribution in [0.2, 0.25) is 0 Å². The van der Waals surface area contributed by atoms with Crippen LogP contribution in [-0.2, 0) is 16.2 Å². The Morgan fingerprint density at radius 1 is 1.40 bits per heavy atom. The average Bonchev–Trinajstić information content (AvgIpc) is 2.21. The van der Waals surface area contributed by atoms with E-state index in [0.717, 1.165) is 4.47 Å². The molecule has 1 aromatic rings. The first-order valence-corrected chi connectivity index (χ1v) is 4.99. The molecule has 0 N–H and O–H groups in total. The van der Waals surface area contributed by atoms with Gasteiger partial charge in [0.1, 0.15) is 6.73 Å². The summed E-state index contributed by atoms with van der Waals surface area (Å²) < 4.78 is 16.9. The van der Waals surface area contributed by atoms with E-state index in [2.05, 4.69) is 15.9 Å². The van der Waals surface area contributed by atoms with Crippen LogP contribution in [-0.4, -0.2) is 25.6 Å². The molecule has 1 rings (SSSR count). The van der Waals surface area contributed by atoms with Gasteiger partial charge in [-0.1, -0.05) is 0 Å². The van der Waals surface area contributed by atoms with Gasteiger partial charge in [-0.15, -0.1) is 0 Å². The van der Waals surface area contributed by atoms with Gasteiger partial charge in [0.25, 0.3) is 5.56 Å². The number of methoxy groups -OCH3 is 2. The van der Waals surface area contributed by atoms with Crippen LogP contribution >= 0.6 is 15.9 Å². The molecule has 0 atom stereocenters. The summed E-state index contributed by atoms with van der Waals surface area (Å²) in [7, 11) is 3.01. The maximum Gasteiger partial charge on any atom is 0.294 e. The van der Waals surface area contributed by atoms with Gasteiger partial charge in [-0.3, -0.25) is 9.36 Å². The second-order valence-corrected chi connectivity index (χ2v) is 3.68. The van der Waals surface area contributed by atoms with E-state index in [4.69, 9.17) is 14.2 Å². The van der Waals surface area contributed by atoms with Crippen LogP contribution < -0.4 is 10.3 Å². The maximum atomic E-state index is 11.7. The molecule has 5 nitrogen and oxygen atoms in total. The lowest BCUT2D eigenvalue weighted by Gasteiger charge is -2.09. The molecule has 0 aromatic carbocycles. The van der Waals surface area contributed by atoms with E-state index in [-0.39, 0.29) is 24.8 Å². The Balaban J connectivity index is 2.99. The van der Waals surface area contributed by atoms with Gasteiger partial charge in [-0.05, 0) is 15.9 Å². The second-order valence-electron chi connectivity index (χ2n) is 2.77. The zero-order chi connectivity index (χ0) is 11.3. The van der Waals surface area contributed by atoms with Crippen LogP contribution in [0.5, 0.6) is 5.75 Å². The minimum Gasteiger partial charge on any atom is -0.462 e. The van der Waals surface area contributed by atoms with Crippen LogP contribution in [0.15, 0.2) is 21.5 Å². The average molecular weight is 278 g/mol. The summed E-state index contributed by atoms with van der Waals surface area (Å²) in [6, 6.07) is 1.59. The van der Waals surface area contributed by atoms with E-state index in [9.17, 15) is 4.79 Å². The summed E-state index contributed by atoms with van der Waals surface area (Å²) >= 11 is 3.27. The molecule has 0 bridgehead atoms. The van der Waals surface area contributed by atoms with Crippen molar-refractivity contribution in [2.45, 2.75) is 6.73 Å². The van der Waals surface area contributed by atoms with Gasteiger partial charge in [0.15, 0.2) is 12.5 Å². The Labute approximate surface area is 95.7 Å². The molecule has 84 valence electrons. The predicted molar refractivity (Wildman–Crippen MR) is 57.9 cm³/mol. The Morgan fingerprint density at radius 2 is 2.13 bits per heavy atom. The number of hydrogen-bond acceptors (Lipinski definition) is 4. The quantitative estimate of drug-likeness (QED) is 0.759. The van der Waals surface area contributed by atoms with Gasteiger partial charge in [-0.2, -0.15) is 0 Å². The van der Waals surface area contributed by atoms with Crippen LogP contribution in [0.25, 0.3) is 0 Å². The van der Waals surface area contributed by atoms with Gasteiger partial charge < -0.3 is 14.2 Å². The fourth-order valence-corrected chi connectivity index (χ4v) is 1.49. The molecule has 0 aliphatic carbocycles. The standard InChI is InChI=1S/C9H12BrNO4/c1-13-5-11-4-7(10)3-8(9(11)12)15-6-14-2/h3-4H,5-6H2,1-2H3. The summed E-state index contributed by atoms with van der Waals surface area (Å²) in [6.45, 7) is 0.223. The van der Waals surface area contributed by atoms with E-state index in [1.54, 1.807) is 12.3 Å². The fraction of sp³-hybridized carbons (Fsp3) is 0.444. The SMILES string of the molecule is COCOc1cc(Br)cn(COC)c1=O. The number of hydrogen-bond donors (Lipinski definition) is 0. The molecule has 0 aliphatic rings. The molecule has 15 heavy (non-hydrogen) atoms. The summed E-state index contributed by atoms with van der Waals surface area (Å²) in [5.74, 6) is 0.225. The normalized spacial score (nSPS) is 10.3. The Hall–Kier alpha value is -0.850. The van der Waals surface area contributed by atoms with E-state index in [0.29, 0.717) is 0 Å². The monoisotopic (exact) mass is 277 g/mol. The first-order chi connectivity index (χ1) is 7.19. The fourth-order valence-electron chi connectivity index (χ4n) is 1.03. The largest absolute Gasteiger partial charge is 0.462 e. The molecule has 0 saturated heterocycles. The van der Waals surface area contributed by atoms with E-state index < -0.39 is 0 Å². The molecule has 1 heterocycles. The number of rotatable bonds is 5. The third kappa shape index (κ3) is 3.33. The second kappa shape index (κ2) is 5.89. The summed E-state index contributed by atoms with van der Waals surface area (Å²) in [4.78, 5) is 11.7. The van der Waals surface area contributed by atoms with E-state index in [1.165, 1.54) is 18.8 Å². The number of aromatic nitrogens is 1. The minimum atomic E-state index is -0.253. The molecule has 0 amide bonds. The highest BCUT2D eigenvalue weighted by molar-refractivity contribution is 9.10. The van der Waals surface area contributed by atoms with E-state index >= 15 is 0 Å². The lowest BCUT2D eigenvalue weighted by Crippen LogP contribution is -2.22. The van der Waals surface area contributed by atoms with Crippen molar-refractivity contribution < 1.29 is 14.2 Å².